The number of nitro benzene ring substituents is 1. The molecule has 2 aromatic rings. The molecule has 0 saturated carbocycles. The summed E-state index contributed by atoms with van der Waals surface area (Å²) >= 11 is 0. The molecule has 0 spiro atoms. The molecule has 0 aliphatic rings. The highest BCUT2D eigenvalue weighted by Gasteiger charge is 2.05. The van der Waals surface area contributed by atoms with Gasteiger partial charge in [-0.05, 0) is 29.8 Å². The van der Waals surface area contributed by atoms with Gasteiger partial charge < -0.3 is 9.25 Å². The minimum absolute atomic E-state index is 0.0350. The summed E-state index contributed by atoms with van der Waals surface area (Å²) < 4.78 is 5.09. The normalized spacial score (nSPS) is 11.2. The first-order valence-corrected chi connectivity index (χ1v) is 5.84. The molecule has 0 aliphatic carbocycles. The van der Waals surface area contributed by atoms with E-state index >= 15 is 0 Å². The van der Waals surface area contributed by atoms with Gasteiger partial charge in [0.1, 0.15) is 12.4 Å². The van der Waals surface area contributed by atoms with Gasteiger partial charge in [-0.15, -0.1) is 0 Å². The zero-order chi connectivity index (χ0) is 14.2. The Bertz CT molecular complexity index is 618. The molecule has 0 bridgehead atoms. The Balaban J connectivity index is 1.81. The van der Waals surface area contributed by atoms with Gasteiger partial charge in [0.15, 0.2) is 0 Å². The zero-order valence-electron chi connectivity index (χ0n) is 10.5. The minimum Gasteiger partial charge on any atom is -0.465 e. The summed E-state index contributed by atoms with van der Waals surface area (Å²) in [5.74, 6) is 0.718. The van der Waals surface area contributed by atoms with Crippen LogP contribution in [0.2, 0.25) is 0 Å². The number of hydrogen-bond donors (Lipinski definition) is 0. The van der Waals surface area contributed by atoms with E-state index in [4.69, 9.17) is 9.25 Å². The molecular formula is C14H12N2O4. The first-order chi connectivity index (χ1) is 9.75. The molecule has 0 fully saturated rings. The summed E-state index contributed by atoms with van der Waals surface area (Å²) in [5.41, 5.74) is 0.721. The van der Waals surface area contributed by atoms with E-state index in [1.165, 1.54) is 18.3 Å². The third-order valence-electron chi connectivity index (χ3n) is 2.38. The molecular weight excluding hydrogens is 260 g/mol. The van der Waals surface area contributed by atoms with E-state index < -0.39 is 4.92 Å². The number of furan rings is 1. The maximum absolute atomic E-state index is 10.6. The van der Waals surface area contributed by atoms with Crippen LogP contribution in [0.15, 0.2) is 58.3 Å². The summed E-state index contributed by atoms with van der Waals surface area (Å²) in [6.07, 6.45) is 6.46. The maximum atomic E-state index is 10.6. The highest BCUT2D eigenvalue weighted by Crippen LogP contribution is 2.13. The van der Waals surface area contributed by atoms with E-state index in [1.54, 1.807) is 36.6 Å². The minimum atomic E-state index is -0.446. The maximum Gasteiger partial charge on any atom is 0.269 e. The predicted octanol–water partition coefficient (Wildman–Crippen LogP) is 3.40. The van der Waals surface area contributed by atoms with Crippen molar-refractivity contribution in [2.75, 3.05) is 0 Å². The largest absolute Gasteiger partial charge is 0.465 e. The molecule has 0 saturated heterocycles. The summed E-state index contributed by atoms with van der Waals surface area (Å²) in [4.78, 5) is 15.2. The van der Waals surface area contributed by atoms with Crippen molar-refractivity contribution < 1.29 is 14.2 Å². The topological polar surface area (TPSA) is 77.9 Å². The lowest BCUT2D eigenvalue weighted by atomic mass is 10.2. The van der Waals surface area contributed by atoms with E-state index in [2.05, 4.69) is 5.16 Å². The molecule has 102 valence electrons. The van der Waals surface area contributed by atoms with Crippen molar-refractivity contribution in [2.24, 2.45) is 5.16 Å². The molecule has 20 heavy (non-hydrogen) atoms. The Morgan fingerprint density at radius 2 is 2.25 bits per heavy atom. The van der Waals surface area contributed by atoms with Gasteiger partial charge in [-0.3, -0.25) is 10.1 Å². The number of benzene rings is 1. The second kappa shape index (κ2) is 6.89. The number of oxime groups is 1. The fraction of sp³-hybridized carbons (Fsp3) is 0.0714. The van der Waals surface area contributed by atoms with Gasteiger partial charge in [-0.25, -0.2) is 0 Å². The van der Waals surface area contributed by atoms with Crippen molar-refractivity contribution in [3.8, 4) is 0 Å². The van der Waals surface area contributed by atoms with Crippen molar-refractivity contribution in [2.45, 2.75) is 6.61 Å². The SMILES string of the molecule is O=[N+]([O-])c1cccc(CO/N=C\C=C\c2ccco2)c1. The van der Waals surface area contributed by atoms with E-state index in [-0.39, 0.29) is 12.3 Å². The number of nitrogens with zero attached hydrogens (tertiary/aromatic N) is 2. The van der Waals surface area contributed by atoms with Gasteiger partial charge >= 0.3 is 0 Å². The van der Waals surface area contributed by atoms with Crippen LogP contribution in [0.25, 0.3) is 6.08 Å². The standard InChI is InChI=1S/C14H12N2O4/c17-16(18)13-5-1-4-12(10-13)11-20-15-8-2-6-14-7-3-9-19-14/h1-10H,11H2/b6-2+,15-8-. The molecule has 6 heteroatoms. The van der Waals surface area contributed by atoms with Gasteiger partial charge in [0, 0.05) is 12.1 Å². The molecule has 1 aromatic carbocycles. The highest BCUT2D eigenvalue weighted by atomic mass is 16.6. The van der Waals surface area contributed by atoms with Crippen molar-refractivity contribution in [1.82, 2.24) is 0 Å². The molecule has 0 N–H and O–H groups in total. The summed E-state index contributed by atoms with van der Waals surface area (Å²) in [6, 6.07) is 9.83. The van der Waals surface area contributed by atoms with Gasteiger partial charge in [0.25, 0.3) is 5.69 Å². The quantitative estimate of drug-likeness (QED) is 0.458. The molecule has 0 aliphatic heterocycles. The molecule has 0 amide bonds. The Morgan fingerprint density at radius 1 is 1.35 bits per heavy atom. The Kier molecular flexibility index (Phi) is 4.66. The van der Waals surface area contributed by atoms with E-state index in [0.717, 1.165) is 5.76 Å². The van der Waals surface area contributed by atoms with Crippen LogP contribution in [0.4, 0.5) is 5.69 Å². The predicted molar refractivity (Wildman–Crippen MR) is 74.1 cm³/mol. The average molecular weight is 272 g/mol. The van der Waals surface area contributed by atoms with E-state index in [9.17, 15) is 10.1 Å². The number of hydrogen-bond acceptors (Lipinski definition) is 5. The fourth-order valence-corrected chi connectivity index (χ4v) is 1.47. The summed E-state index contributed by atoms with van der Waals surface area (Å²) in [7, 11) is 0. The summed E-state index contributed by atoms with van der Waals surface area (Å²) in [6.45, 7) is 0.173. The second-order valence-electron chi connectivity index (χ2n) is 3.83. The monoisotopic (exact) mass is 272 g/mol. The third kappa shape index (κ3) is 4.09. The van der Waals surface area contributed by atoms with Crippen LogP contribution in [0.3, 0.4) is 0 Å². The van der Waals surface area contributed by atoms with Crippen LogP contribution >= 0.6 is 0 Å². The molecule has 2 rings (SSSR count). The lowest BCUT2D eigenvalue weighted by Crippen LogP contribution is -1.91. The van der Waals surface area contributed by atoms with Crippen LogP contribution in [0.5, 0.6) is 0 Å². The van der Waals surface area contributed by atoms with Crippen molar-refractivity contribution >= 4 is 18.0 Å². The average Bonchev–Trinajstić information content (AvgIpc) is 2.96. The molecule has 1 heterocycles. The highest BCUT2D eigenvalue weighted by molar-refractivity contribution is 5.76. The van der Waals surface area contributed by atoms with Gasteiger partial charge in [-0.1, -0.05) is 17.3 Å². The lowest BCUT2D eigenvalue weighted by Gasteiger charge is -1.98. The van der Waals surface area contributed by atoms with Crippen molar-refractivity contribution in [1.29, 1.82) is 0 Å². The van der Waals surface area contributed by atoms with Crippen LogP contribution in [-0.4, -0.2) is 11.1 Å². The first-order valence-electron chi connectivity index (χ1n) is 5.84. The number of non-ortho nitro benzene ring substituents is 1. The number of allylic oxidation sites excluding steroid dienone is 1. The van der Waals surface area contributed by atoms with Gasteiger partial charge in [-0.2, -0.15) is 0 Å². The molecule has 6 nitrogen and oxygen atoms in total. The molecule has 0 atom stereocenters. The van der Waals surface area contributed by atoms with Crippen molar-refractivity contribution in [3.63, 3.8) is 0 Å². The van der Waals surface area contributed by atoms with Crippen LogP contribution < -0.4 is 0 Å². The zero-order valence-corrected chi connectivity index (χ0v) is 10.5. The number of nitro groups is 1. The lowest BCUT2D eigenvalue weighted by molar-refractivity contribution is -0.384. The van der Waals surface area contributed by atoms with Crippen LogP contribution in [0, 0.1) is 10.1 Å². The van der Waals surface area contributed by atoms with Gasteiger partial charge in [0.05, 0.1) is 17.4 Å². The second-order valence-corrected chi connectivity index (χ2v) is 3.83. The van der Waals surface area contributed by atoms with Crippen molar-refractivity contribution in [3.05, 3.63) is 70.2 Å². The smallest absolute Gasteiger partial charge is 0.269 e. The Hall–Kier alpha value is -2.89. The third-order valence-corrected chi connectivity index (χ3v) is 2.38. The molecule has 0 unspecified atom stereocenters. The fourth-order valence-electron chi connectivity index (χ4n) is 1.47. The molecule has 1 aromatic heterocycles. The summed E-state index contributed by atoms with van der Waals surface area (Å²) in [5, 5.41) is 14.3. The van der Waals surface area contributed by atoms with Gasteiger partial charge in [0.2, 0.25) is 0 Å². The molecule has 0 radical (unpaired) electrons. The Morgan fingerprint density at radius 3 is 3.00 bits per heavy atom. The van der Waals surface area contributed by atoms with E-state index in [0.29, 0.717) is 5.56 Å². The Labute approximate surface area is 115 Å². The van der Waals surface area contributed by atoms with Crippen LogP contribution in [0.1, 0.15) is 11.3 Å². The van der Waals surface area contributed by atoms with E-state index in [1.807, 2.05) is 6.07 Å². The first kappa shape index (κ1) is 13.5. The number of rotatable bonds is 6. The van der Waals surface area contributed by atoms with Crippen LogP contribution in [-0.2, 0) is 11.4 Å².